The molecule has 2 aromatic rings. The Balaban J connectivity index is 1.70. The molecular formula is C21H24O. The Morgan fingerprint density at radius 1 is 0.909 bits per heavy atom. The molecule has 2 aromatic carbocycles. The summed E-state index contributed by atoms with van der Waals surface area (Å²) in [7, 11) is 0. The average molecular weight is 292 g/mol. The number of ketones is 1. The van der Waals surface area contributed by atoms with E-state index in [0.717, 1.165) is 32.1 Å². The van der Waals surface area contributed by atoms with Crippen LogP contribution in [0.15, 0.2) is 54.6 Å². The molecule has 0 unspecified atom stereocenters. The Labute approximate surface area is 133 Å². The first-order valence-electron chi connectivity index (χ1n) is 8.46. The van der Waals surface area contributed by atoms with Crippen molar-refractivity contribution in [3.63, 3.8) is 0 Å². The van der Waals surface area contributed by atoms with Gasteiger partial charge in [0.1, 0.15) is 5.78 Å². The fraction of sp³-hybridized carbons (Fsp3) is 0.381. The van der Waals surface area contributed by atoms with Gasteiger partial charge in [0.05, 0.1) is 0 Å². The number of carbonyl (C=O) groups is 1. The van der Waals surface area contributed by atoms with E-state index in [1.165, 1.54) is 16.7 Å². The number of hydrogen-bond acceptors (Lipinski definition) is 1. The van der Waals surface area contributed by atoms with E-state index in [-0.39, 0.29) is 0 Å². The van der Waals surface area contributed by atoms with Crippen LogP contribution < -0.4 is 0 Å². The largest absolute Gasteiger partial charge is 0.299 e. The zero-order valence-corrected chi connectivity index (χ0v) is 13.3. The summed E-state index contributed by atoms with van der Waals surface area (Å²) in [6.45, 7) is 2.17. The molecule has 1 fully saturated rings. The normalized spacial score (nSPS) is 21.8. The molecule has 0 amide bonds. The van der Waals surface area contributed by atoms with Crippen molar-refractivity contribution in [3.05, 3.63) is 60.2 Å². The predicted molar refractivity (Wildman–Crippen MR) is 91.9 cm³/mol. The van der Waals surface area contributed by atoms with Crippen molar-refractivity contribution in [2.75, 3.05) is 0 Å². The zero-order chi connectivity index (χ0) is 15.4. The number of carbonyl (C=O) groups excluding carboxylic acids is 1. The second kappa shape index (κ2) is 6.91. The molecule has 114 valence electrons. The first-order chi connectivity index (χ1) is 10.8. The van der Waals surface area contributed by atoms with Crippen molar-refractivity contribution in [2.45, 2.75) is 44.9 Å². The third-order valence-electron chi connectivity index (χ3n) is 4.89. The SMILES string of the molecule is CCC[C@@H]1CC[C@H](c2ccc(-c3ccccc3)cc2)CC1=O. The first kappa shape index (κ1) is 15.0. The lowest BCUT2D eigenvalue weighted by molar-refractivity contribution is -0.125. The summed E-state index contributed by atoms with van der Waals surface area (Å²) in [5.74, 6) is 1.22. The molecule has 0 spiro atoms. The summed E-state index contributed by atoms with van der Waals surface area (Å²) in [6.07, 6.45) is 5.14. The van der Waals surface area contributed by atoms with E-state index in [1.807, 2.05) is 6.07 Å². The van der Waals surface area contributed by atoms with E-state index in [4.69, 9.17) is 0 Å². The highest BCUT2D eigenvalue weighted by atomic mass is 16.1. The van der Waals surface area contributed by atoms with Crippen molar-refractivity contribution in [1.82, 2.24) is 0 Å². The van der Waals surface area contributed by atoms with E-state index in [0.29, 0.717) is 17.6 Å². The van der Waals surface area contributed by atoms with Crippen LogP contribution in [0.2, 0.25) is 0 Å². The van der Waals surface area contributed by atoms with Crippen LogP contribution >= 0.6 is 0 Å². The van der Waals surface area contributed by atoms with Crippen LogP contribution in [0.3, 0.4) is 0 Å². The topological polar surface area (TPSA) is 17.1 Å². The Morgan fingerprint density at radius 3 is 2.23 bits per heavy atom. The van der Waals surface area contributed by atoms with Crippen LogP contribution in [0.4, 0.5) is 0 Å². The molecule has 0 saturated heterocycles. The molecule has 0 bridgehead atoms. The average Bonchev–Trinajstić information content (AvgIpc) is 2.58. The molecule has 1 nitrogen and oxygen atoms in total. The summed E-state index contributed by atoms with van der Waals surface area (Å²) >= 11 is 0. The van der Waals surface area contributed by atoms with Crippen molar-refractivity contribution >= 4 is 5.78 Å². The third-order valence-corrected chi connectivity index (χ3v) is 4.89. The molecule has 22 heavy (non-hydrogen) atoms. The van der Waals surface area contributed by atoms with Gasteiger partial charge in [0.2, 0.25) is 0 Å². The highest BCUT2D eigenvalue weighted by molar-refractivity contribution is 5.82. The number of Topliss-reactive ketones (excluding diaryl/α,β-unsaturated/α-hetero) is 1. The molecule has 0 heterocycles. The van der Waals surface area contributed by atoms with Gasteiger partial charge in [0.15, 0.2) is 0 Å². The Bertz CT molecular complexity index is 612. The Morgan fingerprint density at radius 2 is 1.59 bits per heavy atom. The van der Waals surface area contributed by atoms with Crippen LogP contribution in [0.1, 0.15) is 50.5 Å². The van der Waals surface area contributed by atoms with Gasteiger partial charge in [-0.15, -0.1) is 0 Å². The highest BCUT2D eigenvalue weighted by Crippen LogP contribution is 2.36. The molecule has 1 aliphatic carbocycles. The molecule has 2 atom stereocenters. The van der Waals surface area contributed by atoms with Gasteiger partial charge < -0.3 is 0 Å². The highest BCUT2D eigenvalue weighted by Gasteiger charge is 2.28. The van der Waals surface area contributed by atoms with Crippen molar-refractivity contribution in [1.29, 1.82) is 0 Å². The maximum absolute atomic E-state index is 12.3. The number of benzene rings is 2. The van der Waals surface area contributed by atoms with E-state index in [2.05, 4.69) is 55.5 Å². The third kappa shape index (κ3) is 3.30. The summed E-state index contributed by atoms with van der Waals surface area (Å²) in [5, 5.41) is 0. The molecule has 1 saturated carbocycles. The maximum atomic E-state index is 12.3. The van der Waals surface area contributed by atoms with E-state index in [1.54, 1.807) is 0 Å². The predicted octanol–water partition coefficient (Wildman–Crippen LogP) is 5.61. The molecule has 1 aliphatic rings. The number of rotatable bonds is 4. The van der Waals surface area contributed by atoms with E-state index >= 15 is 0 Å². The van der Waals surface area contributed by atoms with Crippen molar-refractivity contribution in [3.8, 4) is 11.1 Å². The monoisotopic (exact) mass is 292 g/mol. The molecule has 3 rings (SSSR count). The van der Waals surface area contributed by atoms with Crippen LogP contribution in [0.5, 0.6) is 0 Å². The molecule has 0 aliphatic heterocycles. The van der Waals surface area contributed by atoms with Gasteiger partial charge in [0.25, 0.3) is 0 Å². The second-order valence-electron chi connectivity index (χ2n) is 6.42. The summed E-state index contributed by atoms with van der Waals surface area (Å²) in [5.41, 5.74) is 3.81. The maximum Gasteiger partial charge on any atom is 0.136 e. The van der Waals surface area contributed by atoms with Gasteiger partial charge in [0, 0.05) is 12.3 Å². The lowest BCUT2D eigenvalue weighted by atomic mass is 9.76. The van der Waals surface area contributed by atoms with E-state index < -0.39 is 0 Å². The van der Waals surface area contributed by atoms with Crippen molar-refractivity contribution < 1.29 is 4.79 Å². The minimum absolute atomic E-state index is 0.324. The number of hydrogen-bond donors (Lipinski definition) is 0. The van der Waals surface area contributed by atoms with Crippen LogP contribution in [0, 0.1) is 5.92 Å². The van der Waals surface area contributed by atoms with Crippen LogP contribution in [-0.2, 0) is 4.79 Å². The smallest absolute Gasteiger partial charge is 0.136 e. The summed E-state index contributed by atoms with van der Waals surface area (Å²) in [6, 6.07) is 19.2. The van der Waals surface area contributed by atoms with Gasteiger partial charge in [-0.1, -0.05) is 67.9 Å². The van der Waals surface area contributed by atoms with Crippen LogP contribution in [-0.4, -0.2) is 5.78 Å². The van der Waals surface area contributed by atoms with Gasteiger partial charge >= 0.3 is 0 Å². The zero-order valence-electron chi connectivity index (χ0n) is 13.3. The molecule has 0 N–H and O–H groups in total. The second-order valence-corrected chi connectivity index (χ2v) is 6.42. The lowest BCUT2D eigenvalue weighted by Crippen LogP contribution is -2.23. The molecule has 0 radical (unpaired) electrons. The Kier molecular flexibility index (Phi) is 4.72. The minimum Gasteiger partial charge on any atom is -0.299 e. The summed E-state index contributed by atoms with van der Waals surface area (Å²) < 4.78 is 0. The first-order valence-corrected chi connectivity index (χ1v) is 8.46. The van der Waals surface area contributed by atoms with Gasteiger partial charge in [-0.25, -0.2) is 0 Å². The fourth-order valence-corrected chi connectivity index (χ4v) is 3.59. The molecule has 1 heteroatoms. The lowest BCUT2D eigenvalue weighted by Gasteiger charge is -2.27. The fourth-order valence-electron chi connectivity index (χ4n) is 3.59. The van der Waals surface area contributed by atoms with E-state index in [9.17, 15) is 4.79 Å². The summed E-state index contributed by atoms with van der Waals surface area (Å²) in [4.78, 5) is 12.3. The molecular weight excluding hydrogens is 268 g/mol. The quantitative estimate of drug-likeness (QED) is 0.716. The van der Waals surface area contributed by atoms with Gasteiger partial charge in [-0.3, -0.25) is 4.79 Å². The van der Waals surface area contributed by atoms with Gasteiger partial charge in [-0.05, 0) is 41.9 Å². The van der Waals surface area contributed by atoms with Crippen LogP contribution in [0.25, 0.3) is 11.1 Å². The minimum atomic E-state index is 0.324. The van der Waals surface area contributed by atoms with Crippen molar-refractivity contribution in [2.24, 2.45) is 5.92 Å². The van der Waals surface area contributed by atoms with Gasteiger partial charge in [-0.2, -0.15) is 0 Å². The Hall–Kier alpha value is -1.89. The standard InChI is InChI=1S/C21H24O/c1-2-6-19-13-14-20(15-21(19)22)18-11-9-17(10-12-18)16-7-4-3-5-8-16/h3-5,7-12,19-20H,2,6,13-15H2,1H3/t19-,20+/m1/s1. The molecule has 0 aromatic heterocycles.